The number of rotatable bonds is 6. The second-order valence-corrected chi connectivity index (χ2v) is 7.00. The molecule has 0 aromatic heterocycles. The van der Waals surface area contributed by atoms with Gasteiger partial charge < -0.3 is 20.3 Å². The first-order valence-electron chi connectivity index (χ1n) is 9.50. The number of likely N-dealkylation sites (tertiary alicyclic amines) is 1. The summed E-state index contributed by atoms with van der Waals surface area (Å²) in [5.41, 5.74) is 0.668. The summed E-state index contributed by atoms with van der Waals surface area (Å²) in [6.45, 7) is 5.79. The number of nitrogens with zero attached hydrogens (tertiary/aromatic N) is 1. The number of amides is 3. The molecule has 1 aliphatic rings. The number of hydrogen-bond acceptors (Lipinski definition) is 4. The zero-order chi connectivity index (χ0) is 19.8. The molecular weight excluding hydrogens is 346 g/mol. The number of ether oxygens (including phenoxy) is 1. The van der Waals surface area contributed by atoms with E-state index in [4.69, 9.17) is 4.74 Å². The van der Waals surface area contributed by atoms with E-state index in [2.05, 4.69) is 10.6 Å². The third kappa shape index (κ3) is 6.27. The molecule has 1 heterocycles. The third-order valence-corrected chi connectivity index (χ3v) is 4.75. The second-order valence-electron chi connectivity index (χ2n) is 7.00. The van der Waals surface area contributed by atoms with Gasteiger partial charge in [0.15, 0.2) is 6.10 Å². The number of piperidine rings is 1. The molecule has 0 bridgehead atoms. The number of anilines is 1. The number of benzene rings is 1. The van der Waals surface area contributed by atoms with Crippen molar-refractivity contribution in [3.8, 4) is 0 Å². The van der Waals surface area contributed by atoms with Crippen molar-refractivity contribution in [3.05, 3.63) is 30.3 Å². The number of esters is 1. The maximum Gasteiger partial charge on any atom is 0.319 e. The molecule has 1 aromatic rings. The Morgan fingerprint density at radius 1 is 1.15 bits per heavy atom. The van der Waals surface area contributed by atoms with Gasteiger partial charge in [0.25, 0.3) is 5.91 Å². The van der Waals surface area contributed by atoms with Crippen LogP contribution in [-0.2, 0) is 14.3 Å². The van der Waals surface area contributed by atoms with Crippen molar-refractivity contribution in [1.82, 2.24) is 10.2 Å². The molecule has 2 rings (SSSR count). The third-order valence-electron chi connectivity index (χ3n) is 4.75. The summed E-state index contributed by atoms with van der Waals surface area (Å²) >= 11 is 0. The summed E-state index contributed by atoms with van der Waals surface area (Å²) in [5.74, 6) is -0.661. The lowest BCUT2D eigenvalue weighted by atomic mass is 9.97. The Morgan fingerprint density at radius 3 is 2.41 bits per heavy atom. The van der Waals surface area contributed by atoms with Crippen LogP contribution < -0.4 is 10.6 Å². The molecule has 0 aliphatic carbocycles. The van der Waals surface area contributed by atoms with E-state index < -0.39 is 18.1 Å². The number of carbonyl (C=O) groups is 3. The maximum absolute atomic E-state index is 12.6. The largest absolute Gasteiger partial charge is 0.452 e. The van der Waals surface area contributed by atoms with Crippen molar-refractivity contribution in [1.29, 1.82) is 0 Å². The van der Waals surface area contributed by atoms with Gasteiger partial charge >= 0.3 is 12.0 Å². The Hall–Kier alpha value is -2.57. The Bertz CT molecular complexity index is 640. The normalized spacial score (nSPS) is 20.5. The van der Waals surface area contributed by atoms with E-state index in [1.807, 2.05) is 36.9 Å². The molecule has 1 aromatic carbocycles. The molecule has 0 radical (unpaired) electrons. The van der Waals surface area contributed by atoms with E-state index in [1.54, 1.807) is 19.1 Å². The molecule has 0 spiro atoms. The SMILES string of the molecule is C[C@H](OC(=O)CCNC(=O)Nc1ccccc1)C(=O)N1[C@H](C)CCC[C@@H]1C. The maximum atomic E-state index is 12.6. The van der Waals surface area contributed by atoms with Gasteiger partial charge in [0.05, 0.1) is 6.42 Å². The van der Waals surface area contributed by atoms with Gasteiger partial charge in [0.1, 0.15) is 0 Å². The van der Waals surface area contributed by atoms with Crippen LogP contribution in [-0.4, -0.2) is 47.5 Å². The van der Waals surface area contributed by atoms with Crippen molar-refractivity contribution in [3.63, 3.8) is 0 Å². The highest BCUT2D eigenvalue weighted by Crippen LogP contribution is 2.23. The van der Waals surface area contributed by atoms with Crippen LogP contribution in [0.2, 0.25) is 0 Å². The zero-order valence-electron chi connectivity index (χ0n) is 16.2. The van der Waals surface area contributed by atoms with Crippen molar-refractivity contribution < 1.29 is 19.1 Å². The van der Waals surface area contributed by atoms with Crippen LogP contribution in [0, 0.1) is 0 Å². The highest BCUT2D eigenvalue weighted by molar-refractivity contribution is 5.89. The molecule has 3 atom stereocenters. The van der Waals surface area contributed by atoms with Gasteiger partial charge in [-0.1, -0.05) is 18.2 Å². The molecule has 27 heavy (non-hydrogen) atoms. The van der Waals surface area contributed by atoms with Crippen molar-refractivity contribution in [2.45, 2.75) is 64.6 Å². The van der Waals surface area contributed by atoms with Gasteiger partial charge in [-0.2, -0.15) is 0 Å². The Labute approximate surface area is 160 Å². The van der Waals surface area contributed by atoms with Gasteiger partial charge in [-0.05, 0) is 52.2 Å². The summed E-state index contributed by atoms with van der Waals surface area (Å²) in [5, 5.41) is 5.26. The van der Waals surface area contributed by atoms with Crippen molar-refractivity contribution in [2.75, 3.05) is 11.9 Å². The van der Waals surface area contributed by atoms with Crippen molar-refractivity contribution in [2.24, 2.45) is 0 Å². The minimum Gasteiger partial charge on any atom is -0.452 e. The van der Waals surface area contributed by atoms with Gasteiger partial charge in [-0.3, -0.25) is 9.59 Å². The molecule has 1 fully saturated rings. The molecule has 1 aliphatic heterocycles. The van der Waals surface area contributed by atoms with E-state index >= 15 is 0 Å². The lowest BCUT2D eigenvalue weighted by Gasteiger charge is -2.40. The summed E-state index contributed by atoms with van der Waals surface area (Å²) < 4.78 is 5.26. The molecule has 148 valence electrons. The number of nitrogens with one attached hydrogen (secondary N) is 2. The van der Waals surface area contributed by atoms with Gasteiger partial charge in [-0.25, -0.2) is 4.79 Å². The fourth-order valence-electron chi connectivity index (χ4n) is 3.35. The minimum atomic E-state index is -0.821. The van der Waals surface area contributed by atoms with E-state index in [0.717, 1.165) is 19.3 Å². The molecule has 0 saturated carbocycles. The molecule has 1 saturated heterocycles. The van der Waals surface area contributed by atoms with Crippen molar-refractivity contribution >= 4 is 23.6 Å². The quantitative estimate of drug-likeness (QED) is 0.749. The predicted molar refractivity (Wildman–Crippen MR) is 103 cm³/mol. The summed E-state index contributed by atoms with van der Waals surface area (Å²) in [6, 6.07) is 8.94. The summed E-state index contributed by atoms with van der Waals surface area (Å²) in [6.07, 6.45) is 2.23. The minimum absolute atomic E-state index is 0.00490. The lowest BCUT2D eigenvalue weighted by Crippen LogP contribution is -2.51. The first kappa shape index (κ1) is 20.7. The monoisotopic (exact) mass is 375 g/mol. The standard InChI is InChI=1S/C20H29N3O4/c1-14-8-7-9-15(2)23(14)19(25)16(3)27-18(24)12-13-21-20(26)22-17-10-5-4-6-11-17/h4-6,10-11,14-16H,7-9,12-13H2,1-3H3,(H2,21,22,26)/t14-,15+,16-/m0/s1. The molecule has 2 N–H and O–H groups in total. The second kappa shape index (κ2) is 9.94. The van der Waals surface area contributed by atoms with E-state index in [-0.39, 0.29) is 31.0 Å². The van der Waals surface area contributed by atoms with Crippen LogP contribution in [0.25, 0.3) is 0 Å². The fourth-order valence-corrected chi connectivity index (χ4v) is 3.35. The fraction of sp³-hybridized carbons (Fsp3) is 0.550. The lowest BCUT2D eigenvalue weighted by molar-refractivity contribution is -0.162. The van der Waals surface area contributed by atoms with Crippen LogP contribution in [0.1, 0.15) is 46.5 Å². The highest BCUT2D eigenvalue weighted by atomic mass is 16.5. The van der Waals surface area contributed by atoms with Crippen LogP contribution in [0.15, 0.2) is 30.3 Å². The molecule has 3 amide bonds. The Kier molecular flexibility index (Phi) is 7.64. The van der Waals surface area contributed by atoms with Crippen LogP contribution in [0.4, 0.5) is 10.5 Å². The van der Waals surface area contributed by atoms with E-state index in [9.17, 15) is 14.4 Å². The summed E-state index contributed by atoms with van der Waals surface area (Å²) in [4.78, 5) is 38.2. The number of hydrogen-bond donors (Lipinski definition) is 2. The number of urea groups is 1. The zero-order valence-corrected chi connectivity index (χ0v) is 16.2. The number of carbonyl (C=O) groups excluding carboxylic acids is 3. The molecular formula is C20H29N3O4. The Balaban J connectivity index is 1.71. The topological polar surface area (TPSA) is 87.7 Å². The average Bonchev–Trinajstić information content (AvgIpc) is 2.62. The first-order valence-corrected chi connectivity index (χ1v) is 9.50. The van der Waals surface area contributed by atoms with Gasteiger partial charge in [-0.15, -0.1) is 0 Å². The van der Waals surface area contributed by atoms with E-state index in [0.29, 0.717) is 5.69 Å². The number of para-hydroxylation sites is 1. The summed E-state index contributed by atoms with van der Waals surface area (Å²) in [7, 11) is 0. The molecule has 0 unspecified atom stereocenters. The predicted octanol–water partition coefficient (Wildman–Crippen LogP) is 2.92. The van der Waals surface area contributed by atoms with Crippen LogP contribution in [0.5, 0.6) is 0 Å². The highest BCUT2D eigenvalue weighted by Gasteiger charge is 2.33. The van der Waals surface area contributed by atoms with Gasteiger partial charge in [0.2, 0.25) is 0 Å². The molecule has 7 heteroatoms. The van der Waals surface area contributed by atoms with E-state index in [1.165, 1.54) is 0 Å². The van der Waals surface area contributed by atoms with Gasteiger partial charge in [0, 0.05) is 24.3 Å². The molecule has 7 nitrogen and oxygen atoms in total. The average molecular weight is 375 g/mol. The smallest absolute Gasteiger partial charge is 0.319 e. The Morgan fingerprint density at radius 2 is 1.78 bits per heavy atom. The first-order chi connectivity index (χ1) is 12.9. The van der Waals surface area contributed by atoms with Crippen LogP contribution >= 0.6 is 0 Å². The van der Waals surface area contributed by atoms with Crippen LogP contribution in [0.3, 0.4) is 0 Å².